The van der Waals surface area contributed by atoms with Crippen LogP contribution in [0.5, 0.6) is 0 Å². The van der Waals surface area contributed by atoms with E-state index in [1.165, 1.54) is 10.5 Å². The molecule has 5 nitrogen and oxygen atoms in total. The number of piperazine rings is 1. The Labute approximate surface area is 154 Å². The molecule has 3 N–H and O–H groups in total. The number of nitrogens with zero attached hydrogens (tertiary/aromatic N) is 1. The molecule has 1 saturated heterocycles. The van der Waals surface area contributed by atoms with Gasteiger partial charge in [-0.1, -0.05) is 23.7 Å². The standard InChI is InChI=1S/C19H25ClN4O/c1-19(14-21,16-4-5-16)22-18(25)13-24-10-8-23(9-11-24)12-15-2-6-17(20)7-3-15/h2-3,6-7,16H,4-5,8-13H2,1H3,(H,22,25)/p+2/t19-/m1/s1. The molecular formula is C19H27ClN4O+2. The monoisotopic (exact) mass is 362 g/mol. The van der Waals surface area contributed by atoms with Gasteiger partial charge < -0.3 is 15.1 Å². The van der Waals surface area contributed by atoms with Gasteiger partial charge in [0.15, 0.2) is 6.54 Å². The van der Waals surface area contributed by atoms with Gasteiger partial charge in [0.2, 0.25) is 0 Å². The lowest BCUT2D eigenvalue weighted by atomic mass is 9.98. The minimum absolute atomic E-state index is 0.00658. The predicted molar refractivity (Wildman–Crippen MR) is 96.3 cm³/mol. The zero-order valence-electron chi connectivity index (χ0n) is 14.8. The summed E-state index contributed by atoms with van der Waals surface area (Å²) in [5.74, 6) is 0.337. The van der Waals surface area contributed by atoms with Crippen LogP contribution in [0.3, 0.4) is 0 Å². The molecule has 1 aliphatic carbocycles. The Bertz CT molecular complexity index is 644. The second-order valence-electron chi connectivity index (χ2n) is 7.62. The fraction of sp³-hybridized carbons (Fsp3) is 0.579. The molecule has 2 aliphatic rings. The molecule has 3 rings (SSSR count). The number of nitriles is 1. The van der Waals surface area contributed by atoms with E-state index in [9.17, 15) is 10.1 Å². The highest BCUT2D eigenvalue weighted by Gasteiger charge is 2.43. The van der Waals surface area contributed by atoms with Gasteiger partial charge in [-0.2, -0.15) is 5.26 Å². The van der Waals surface area contributed by atoms with Gasteiger partial charge in [-0.25, -0.2) is 0 Å². The maximum atomic E-state index is 12.3. The normalized spacial score (nSPS) is 25.6. The van der Waals surface area contributed by atoms with Crippen LogP contribution < -0.4 is 15.1 Å². The van der Waals surface area contributed by atoms with Crippen LogP contribution >= 0.6 is 11.6 Å². The topological polar surface area (TPSA) is 61.8 Å². The highest BCUT2D eigenvalue weighted by molar-refractivity contribution is 6.30. The van der Waals surface area contributed by atoms with E-state index in [0.717, 1.165) is 50.6 Å². The van der Waals surface area contributed by atoms with Crippen molar-refractivity contribution in [2.75, 3.05) is 32.7 Å². The number of carbonyl (C=O) groups is 1. The second-order valence-corrected chi connectivity index (χ2v) is 8.05. The van der Waals surface area contributed by atoms with Crippen molar-refractivity contribution in [3.63, 3.8) is 0 Å². The van der Waals surface area contributed by atoms with Crippen molar-refractivity contribution in [2.24, 2.45) is 5.92 Å². The van der Waals surface area contributed by atoms with Crippen molar-refractivity contribution in [1.29, 1.82) is 5.26 Å². The number of amides is 1. The molecule has 1 aliphatic heterocycles. The Morgan fingerprint density at radius 3 is 2.40 bits per heavy atom. The first-order chi connectivity index (χ1) is 12.0. The van der Waals surface area contributed by atoms with E-state index in [-0.39, 0.29) is 5.91 Å². The molecule has 0 spiro atoms. The number of benzene rings is 1. The third-order valence-electron chi connectivity index (χ3n) is 5.47. The van der Waals surface area contributed by atoms with Crippen LogP contribution in [0.1, 0.15) is 25.3 Å². The summed E-state index contributed by atoms with van der Waals surface area (Å²) in [7, 11) is 0. The summed E-state index contributed by atoms with van der Waals surface area (Å²) in [4.78, 5) is 15.2. The summed E-state index contributed by atoms with van der Waals surface area (Å²) in [6, 6.07) is 10.3. The van der Waals surface area contributed by atoms with E-state index in [1.54, 1.807) is 4.90 Å². The molecule has 25 heavy (non-hydrogen) atoms. The van der Waals surface area contributed by atoms with Crippen LogP contribution in [-0.2, 0) is 11.3 Å². The lowest BCUT2D eigenvalue weighted by Crippen LogP contribution is -3.28. The minimum Gasteiger partial charge on any atom is -0.333 e. The predicted octanol–water partition coefficient (Wildman–Crippen LogP) is -0.568. The number of hydrogen-bond acceptors (Lipinski definition) is 2. The van der Waals surface area contributed by atoms with Crippen LogP contribution in [0.15, 0.2) is 24.3 Å². The van der Waals surface area contributed by atoms with Gasteiger partial charge in [0, 0.05) is 10.6 Å². The maximum Gasteiger partial charge on any atom is 0.276 e. The molecule has 1 atom stereocenters. The first-order valence-corrected chi connectivity index (χ1v) is 9.50. The summed E-state index contributed by atoms with van der Waals surface area (Å²) >= 11 is 5.93. The second kappa shape index (κ2) is 7.74. The van der Waals surface area contributed by atoms with E-state index < -0.39 is 5.54 Å². The zero-order valence-corrected chi connectivity index (χ0v) is 15.5. The Kier molecular flexibility index (Phi) is 5.63. The van der Waals surface area contributed by atoms with Crippen LogP contribution in [0.25, 0.3) is 0 Å². The van der Waals surface area contributed by atoms with Crippen LogP contribution in [0, 0.1) is 17.2 Å². The number of halogens is 1. The van der Waals surface area contributed by atoms with E-state index in [4.69, 9.17) is 11.6 Å². The Hall–Kier alpha value is -1.61. The van der Waals surface area contributed by atoms with E-state index in [0.29, 0.717) is 12.5 Å². The van der Waals surface area contributed by atoms with Crippen LogP contribution in [0.4, 0.5) is 0 Å². The van der Waals surface area contributed by atoms with Gasteiger partial charge >= 0.3 is 0 Å². The molecule has 134 valence electrons. The molecule has 0 radical (unpaired) electrons. The quantitative estimate of drug-likeness (QED) is 0.635. The van der Waals surface area contributed by atoms with Gasteiger partial charge in [0.25, 0.3) is 5.91 Å². The molecule has 1 heterocycles. The fourth-order valence-corrected chi connectivity index (χ4v) is 3.77. The summed E-state index contributed by atoms with van der Waals surface area (Å²) in [5.41, 5.74) is 0.618. The smallest absolute Gasteiger partial charge is 0.276 e. The number of quaternary nitrogens is 2. The molecule has 0 bridgehead atoms. The summed E-state index contributed by atoms with van der Waals surface area (Å²) in [6.07, 6.45) is 2.09. The number of hydrogen-bond donors (Lipinski definition) is 3. The average molecular weight is 363 g/mol. The average Bonchev–Trinajstić information content (AvgIpc) is 3.44. The van der Waals surface area contributed by atoms with E-state index in [2.05, 4.69) is 23.5 Å². The van der Waals surface area contributed by atoms with Crippen molar-refractivity contribution in [2.45, 2.75) is 31.8 Å². The Balaban J connectivity index is 1.42. The largest absolute Gasteiger partial charge is 0.333 e. The van der Waals surface area contributed by atoms with Gasteiger partial charge in [-0.15, -0.1) is 0 Å². The minimum atomic E-state index is -0.682. The molecule has 1 aromatic rings. The molecule has 1 saturated carbocycles. The molecular weight excluding hydrogens is 336 g/mol. The number of carbonyl (C=O) groups excluding carboxylic acids is 1. The molecule has 1 amide bonds. The van der Waals surface area contributed by atoms with E-state index >= 15 is 0 Å². The molecule has 0 aromatic heterocycles. The van der Waals surface area contributed by atoms with Crippen molar-refractivity contribution in [1.82, 2.24) is 5.32 Å². The van der Waals surface area contributed by atoms with Crippen molar-refractivity contribution >= 4 is 17.5 Å². The van der Waals surface area contributed by atoms with Crippen LogP contribution in [-0.4, -0.2) is 44.2 Å². The maximum absolute atomic E-state index is 12.3. The van der Waals surface area contributed by atoms with Crippen LogP contribution in [0.2, 0.25) is 5.02 Å². The van der Waals surface area contributed by atoms with Gasteiger partial charge in [0.1, 0.15) is 38.3 Å². The first-order valence-electron chi connectivity index (χ1n) is 9.12. The Morgan fingerprint density at radius 2 is 1.84 bits per heavy atom. The molecule has 2 fully saturated rings. The highest BCUT2D eigenvalue weighted by Crippen LogP contribution is 2.39. The van der Waals surface area contributed by atoms with Gasteiger partial charge in [0.05, 0.1) is 6.07 Å². The molecule has 6 heteroatoms. The Morgan fingerprint density at radius 1 is 1.24 bits per heavy atom. The molecule has 0 unspecified atom stereocenters. The van der Waals surface area contributed by atoms with Gasteiger partial charge in [-0.05, 0) is 37.8 Å². The summed E-state index contributed by atoms with van der Waals surface area (Å²) in [5, 5.41) is 13.1. The SMILES string of the molecule is C[C@](C#N)(NC(=O)C[NH+]1CC[NH+](Cc2ccc(Cl)cc2)CC1)C1CC1. The lowest BCUT2D eigenvalue weighted by Gasteiger charge is -2.30. The van der Waals surface area contributed by atoms with E-state index in [1.807, 2.05) is 19.1 Å². The molecule has 1 aromatic carbocycles. The number of rotatable bonds is 6. The first kappa shape index (κ1) is 18.2. The van der Waals surface area contributed by atoms with Gasteiger partial charge in [-0.3, -0.25) is 4.79 Å². The third-order valence-corrected chi connectivity index (χ3v) is 5.72. The zero-order chi connectivity index (χ0) is 17.9. The van der Waals surface area contributed by atoms with Crippen molar-refractivity contribution in [3.05, 3.63) is 34.9 Å². The summed E-state index contributed by atoms with van der Waals surface area (Å²) in [6.45, 7) is 7.42. The number of nitrogens with one attached hydrogen (secondary N) is 3. The van der Waals surface area contributed by atoms with Crippen molar-refractivity contribution in [3.8, 4) is 6.07 Å². The highest BCUT2D eigenvalue weighted by atomic mass is 35.5. The van der Waals surface area contributed by atoms with Crippen molar-refractivity contribution < 1.29 is 14.6 Å². The summed E-state index contributed by atoms with van der Waals surface area (Å²) < 4.78 is 0. The lowest BCUT2D eigenvalue weighted by molar-refractivity contribution is -1.02. The third kappa shape index (κ3) is 4.94. The fourth-order valence-electron chi connectivity index (χ4n) is 3.64.